The molecule has 1 N–H and O–H groups in total. The van der Waals surface area contributed by atoms with Crippen LogP contribution < -0.4 is 5.32 Å². The Hall–Kier alpha value is -1.20. The fraction of sp³-hybridized carbons (Fsp3) is 0.455. The third-order valence-corrected chi connectivity index (χ3v) is 3.35. The van der Waals surface area contributed by atoms with Crippen LogP contribution in [-0.4, -0.2) is 10.1 Å². The van der Waals surface area contributed by atoms with Crippen LogP contribution in [0.25, 0.3) is 0 Å². The summed E-state index contributed by atoms with van der Waals surface area (Å²) in [7, 11) is 0. The maximum Gasteiger partial charge on any atom is 0.240 e. The second kappa shape index (κ2) is 5.23. The van der Waals surface area contributed by atoms with E-state index in [-0.39, 0.29) is 0 Å². The molecule has 4 nitrogen and oxygen atoms in total. The number of nitrogens with zero attached hydrogens (tertiary/aromatic N) is 2. The Labute approximate surface area is 98.7 Å². The summed E-state index contributed by atoms with van der Waals surface area (Å²) in [6.07, 6.45) is 1.05. The monoisotopic (exact) mass is 237 g/mol. The van der Waals surface area contributed by atoms with Crippen LogP contribution in [0.15, 0.2) is 22.0 Å². The largest absolute Gasteiger partial charge is 0.338 e. The molecule has 0 saturated heterocycles. The van der Waals surface area contributed by atoms with E-state index in [1.165, 1.54) is 4.88 Å². The molecule has 0 amide bonds. The second-order valence-corrected chi connectivity index (χ2v) is 4.57. The summed E-state index contributed by atoms with van der Waals surface area (Å²) in [5.41, 5.74) is 0. The molecule has 2 aromatic heterocycles. The predicted molar refractivity (Wildman–Crippen MR) is 63.2 cm³/mol. The van der Waals surface area contributed by atoms with Gasteiger partial charge < -0.3 is 9.84 Å². The fourth-order valence-corrected chi connectivity index (χ4v) is 2.44. The third kappa shape index (κ3) is 2.68. The molecule has 0 aliphatic carbocycles. The zero-order valence-electron chi connectivity index (χ0n) is 9.43. The number of nitrogens with one attached hydrogen (secondary N) is 1. The molecular formula is C11H15N3OS. The third-order valence-electron chi connectivity index (χ3n) is 2.36. The molecule has 2 heterocycles. The topological polar surface area (TPSA) is 51.0 Å². The normalized spacial score (nSPS) is 12.9. The van der Waals surface area contributed by atoms with Gasteiger partial charge in [-0.25, -0.2) is 0 Å². The van der Waals surface area contributed by atoms with Crippen molar-refractivity contribution in [1.82, 2.24) is 15.5 Å². The average molecular weight is 237 g/mol. The molecule has 0 spiro atoms. The number of hydrogen-bond donors (Lipinski definition) is 1. The van der Waals surface area contributed by atoms with Crippen molar-refractivity contribution in [3.05, 3.63) is 34.1 Å². The summed E-state index contributed by atoms with van der Waals surface area (Å²) in [6, 6.07) is 4.58. The van der Waals surface area contributed by atoms with Crippen molar-refractivity contribution in [2.24, 2.45) is 0 Å². The number of aromatic nitrogens is 2. The minimum atomic E-state index is 0.368. The fourth-order valence-electron chi connectivity index (χ4n) is 1.56. The number of hydrogen-bond acceptors (Lipinski definition) is 5. The van der Waals surface area contributed by atoms with Crippen molar-refractivity contribution in [1.29, 1.82) is 0 Å². The minimum Gasteiger partial charge on any atom is -0.338 e. The van der Waals surface area contributed by atoms with Gasteiger partial charge in [-0.3, -0.25) is 0 Å². The van der Waals surface area contributed by atoms with E-state index < -0.39 is 0 Å². The molecule has 0 aliphatic heterocycles. The van der Waals surface area contributed by atoms with E-state index in [1.807, 2.05) is 6.92 Å². The molecular weight excluding hydrogens is 222 g/mol. The van der Waals surface area contributed by atoms with Gasteiger partial charge in [0.2, 0.25) is 5.89 Å². The molecule has 1 atom stereocenters. The van der Waals surface area contributed by atoms with Crippen LogP contribution in [0.1, 0.15) is 36.0 Å². The van der Waals surface area contributed by atoms with Gasteiger partial charge in [-0.1, -0.05) is 18.1 Å². The summed E-state index contributed by atoms with van der Waals surface area (Å²) >= 11 is 1.77. The molecule has 0 bridgehead atoms. The Balaban J connectivity index is 1.93. The summed E-state index contributed by atoms with van der Waals surface area (Å²) in [5.74, 6) is 1.33. The molecule has 16 heavy (non-hydrogen) atoms. The highest BCUT2D eigenvalue weighted by molar-refractivity contribution is 7.10. The molecule has 0 radical (unpaired) electrons. The van der Waals surface area contributed by atoms with Crippen LogP contribution in [0.2, 0.25) is 0 Å². The SMILES string of the molecule is CCC(NCc1nc(C)no1)c1cccs1. The maximum atomic E-state index is 5.06. The second-order valence-electron chi connectivity index (χ2n) is 3.59. The quantitative estimate of drug-likeness (QED) is 0.868. The molecule has 1 unspecified atom stereocenters. The van der Waals surface area contributed by atoms with E-state index >= 15 is 0 Å². The lowest BCUT2D eigenvalue weighted by Crippen LogP contribution is -2.19. The van der Waals surface area contributed by atoms with E-state index in [1.54, 1.807) is 11.3 Å². The lowest BCUT2D eigenvalue weighted by molar-refractivity contribution is 0.354. The maximum absolute atomic E-state index is 5.06. The van der Waals surface area contributed by atoms with Crippen LogP contribution in [0.5, 0.6) is 0 Å². The molecule has 5 heteroatoms. The molecule has 2 aromatic rings. The first-order chi connectivity index (χ1) is 7.79. The highest BCUT2D eigenvalue weighted by Gasteiger charge is 2.11. The Morgan fingerprint density at radius 3 is 3.00 bits per heavy atom. The van der Waals surface area contributed by atoms with Crippen molar-refractivity contribution < 1.29 is 4.52 Å². The van der Waals surface area contributed by atoms with Crippen LogP contribution >= 0.6 is 11.3 Å². The van der Waals surface area contributed by atoms with Gasteiger partial charge in [0.05, 0.1) is 6.54 Å². The lowest BCUT2D eigenvalue weighted by atomic mass is 10.2. The predicted octanol–water partition coefficient (Wildman–Crippen LogP) is 2.68. The van der Waals surface area contributed by atoms with E-state index in [0.29, 0.717) is 24.3 Å². The summed E-state index contributed by atoms with van der Waals surface area (Å²) in [4.78, 5) is 5.51. The molecule has 0 fully saturated rings. The minimum absolute atomic E-state index is 0.368. The average Bonchev–Trinajstić information content (AvgIpc) is 2.91. The van der Waals surface area contributed by atoms with Crippen molar-refractivity contribution in [3.8, 4) is 0 Å². The molecule has 0 aliphatic rings. The van der Waals surface area contributed by atoms with E-state index in [4.69, 9.17) is 4.52 Å². The van der Waals surface area contributed by atoms with E-state index in [9.17, 15) is 0 Å². The van der Waals surface area contributed by atoms with Gasteiger partial charge in [0.15, 0.2) is 5.82 Å². The van der Waals surface area contributed by atoms with Crippen LogP contribution in [0, 0.1) is 6.92 Å². The van der Waals surface area contributed by atoms with E-state index in [0.717, 1.165) is 6.42 Å². The Morgan fingerprint density at radius 1 is 1.56 bits per heavy atom. The van der Waals surface area contributed by atoms with Gasteiger partial charge in [0.1, 0.15) is 0 Å². The standard InChI is InChI=1S/C11H15N3OS/c1-3-9(10-5-4-6-16-10)12-7-11-13-8(2)14-15-11/h4-6,9,12H,3,7H2,1-2H3. The van der Waals surface area contributed by atoms with Crippen molar-refractivity contribution in [2.45, 2.75) is 32.9 Å². The summed E-state index contributed by atoms with van der Waals surface area (Å²) in [5, 5.41) is 9.27. The van der Waals surface area contributed by atoms with Gasteiger partial charge in [-0.15, -0.1) is 11.3 Å². The van der Waals surface area contributed by atoms with Gasteiger partial charge >= 0.3 is 0 Å². The zero-order valence-corrected chi connectivity index (χ0v) is 10.3. The lowest BCUT2D eigenvalue weighted by Gasteiger charge is -2.13. The molecule has 86 valence electrons. The smallest absolute Gasteiger partial charge is 0.240 e. The molecule has 0 aromatic carbocycles. The Bertz CT molecular complexity index is 424. The first kappa shape index (κ1) is 11.3. The first-order valence-corrected chi connectivity index (χ1v) is 6.23. The van der Waals surface area contributed by atoms with Gasteiger partial charge in [0.25, 0.3) is 0 Å². The van der Waals surface area contributed by atoms with Crippen LogP contribution in [-0.2, 0) is 6.54 Å². The van der Waals surface area contributed by atoms with Gasteiger partial charge in [-0.2, -0.15) is 4.98 Å². The van der Waals surface area contributed by atoms with Gasteiger partial charge in [0, 0.05) is 10.9 Å². The zero-order chi connectivity index (χ0) is 11.4. The van der Waals surface area contributed by atoms with Crippen molar-refractivity contribution in [3.63, 3.8) is 0 Å². The highest BCUT2D eigenvalue weighted by atomic mass is 32.1. The van der Waals surface area contributed by atoms with Crippen molar-refractivity contribution >= 4 is 11.3 Å². The Morgan fingerprint density at radius 2 is 2.44 bits per heavy atom. The summed E-state index contributed by atoms with van der Waals surface area (Å²) < 4.78 is 5.06. The number of rotatable bonds is 5. The van der Waals surface area contributed by atoms with Crippen LogP contribution in [0.3, 0.4) is 0 Å². The molecule has 0 saturated carbocycles. The number of aryl methyl sites for hydroxylation is 1. The van der Waals surface area contributed by atoms with Gasteiger partial charge in [-0.05, 0) is 24.8 Å². The first-order valence-electron chi connectivity index (χ1n) is 5.35. The van der Waals surface area contributed by atoms with Crippen molar-refractivity contribution in [2.75, 3.05) is 0 Å². The van der Waals surface area contributed by atoms with Crippen LogP contribution in [0.4, 0.5) is 0 Å². The number of thiophene rings is 1. The van der Waals surface area contributed by atoms with E-state index in [2.05, 4.69) is 39.9 Å². The highest BCUT2D eigenvalue weighted by Crippen LogP contribution is 2.21. The molecule has 2 rings (SSSR count). The Kier molecular flexibility index (Phi) is 3.69. The summed E-state index contributed by atoms with van der Waals surface area (Å²) in [6.45, 7) is 4.61.